The number of hydrogen-bond acceptors (Lipinski definition) is 2. The molecule has 0 unspecified atom stereocenters. The van der Waals surface area contributed by atoms with E-state index < -0.39 is 0 Å². The van der Waals surface area contributed by atoms with E-state index in [9.17, 15) is 4.79 Å². The van der Waals surface area contributed by atoms with Crippen molar-refractivity contribution in [1.82, 2.24) is 10.0 Å². The Kier molecular flexibility index (Phi) is 3.76. The normalized spacial score (nSPS) is 38.9. The van der Waals surface area contributed by atoms with Gasteiger partial charge in [0, 0.05) is 10.1 Å². The minimum Gasteiger partial charge on any atom is -0.271 e. The first-order valence-corrected chi connectivity index (χ1v) is 10.9. The molecule has 0 radical (unpaired) electrons. The molecule has 6 rings (SSSR count). The van der Waals surface area contributed by atoms with E-state index in [1.165, 1.54) is 41.2 Å². The lowest BCUT2D eigenvalue weighted by Crippen LogP contribution is -2.79. The zero-order chi connectivity index (χ0) is 17.3. The molecule has 1 heterocycles. The van der Waals surface area contributed by atoms with Crippen LogP contribution in [0.3, 0.4) is 0 Å². The SMILES string of the molecule is CC1(C)C(=O)N(C2C3CC4CC(C3)CC2C4)N1Cc1cccc(I)c1. The topological polar surface area (TPSA) is 23.6 Å². The summed E-state index contributed by atoms with van der Waals surface area (Å²) in [6, 6.07) is 9.16. The van der Waals surface area contributed by atoms with Crippen LogP contribution >= 0.6 is 22.6 Å². The Balaban J connectivity index is 1.43. The third kappa shape index (κ3) is 2.50. The van der Waals surface area contributed by atoms with E-state index in [2.05, 4.69) is 70.7 Å². The molecule has 5 fully saturated rings. The summed E-state index contributed by atoms with van der Waals surface area (Å²) < 4.78 is 1.26. The van der Waals surface area contributed by atoms with Crippen LogP contribution < -0.4 is 0 Å². The second-order valence-electron chi connectivity index (χ2n) is 9.32. The Bertz CT molecular complexity index is 688. The van der Waals surface area contributed by atoms with Gasteiger partial charge in [-0.05, 0) is 110 Å². The monoisotopic (exact) mass is 450 g/mol. The fourth-order valence-electron chi connectivity index (χ4n) is 6.40. The van der Waals surface area contributed by atoms with Crippen LogP contribution in [0.15, 0.2) is 24.3 Å². The van der Waals surface area contributed by atoms with E-state index in [4.69, 9.17) is 0 Å². The fourth-order valence-corrected chi connectivity index (χ4v) is 7.01. The molecule has 0 atom stereocenters. The van der Waals surface area contributed by atoms with Gasteiger partial charge in [-0.15, -0.1) is 0 Å². The third-order valence-corrected chi connectivity index (χ3v) is 7.99. The summed E-state index contributed by atoms with van der Waals surface area (Å²) in [5.74, 6) is 3.74. The van der Waals surface area contributed by atoms with E-state index >= 15 is 0 Å². The van der Waals surface area contributed by atoms with Crippen molar-refractivity contribution < 1.29 is 4.79 Å². The highest BCUT2D eigenvalue weighted by atomic mass is 127. The Labute approximate surface area is 164 Å². The largest absolute Gasteiger partial charge is 0.271 e. The van der Waals surface area contributed by atoms with Crippen LogP contribution in [-0.2, 0) is 11.3 Å². The number of benzene rings is 1. The van der Waals surface area contributed by atoms with Crippen LogP contribution in [-0.4, -0.2) is 27.5 Å². The number of hydrogen-bond donors (Lipinski definition) is 0. The van der Waals surface area contributed by atoms with Crippen LogP contribution in [0.1, 0.15) is 51.5 Å². The molecule has 1 aliphatic heterocycles. The zero-order valence-corrected chi connectivity index (χ0v) is 17.3. The molecular weight excluding hydrogens is 423 g/mol. The first-order valence-electron chi connectivity index (χ1n) is 9.79. The molecule has 4 saturated carbocycles. The number of carbonyl (C=O) groups is 1. The minimum atomic E-state index is -0.365. The third-order valence-electron chi connectivity index (χ3n) is 7.32. The van der Waals surface area contributed by atoms with Crippen LogP contribution in [0.2, 0.25) is 0 Å². The predicted octanol–water partition coefficient (Wildman–Crippen LogP) is 4.45. The van der Waals surface area contributed by atoms with Gasteiger partial charge in [-0.2, -0.15) is 5.01 Å². The maximum absolute atomic E-state index is 13.1. The molecule has 3 nitrogen and oxygen atoms in total. The quantitative estimate of drug-likeness (QED) is 0.636. The molecule has 5 aliphatic rings. The Morgan fingerprint density at radius 3 is 2.32 bits per heavy atom. The molecule has 0 aromatic heterocycles. The smallest absolute Gasteiger partial charge is 0.258 e. The Morgan fingerprint density at radius 1 is 1.08 bits per heavy atom. The molecule has 1 aromatic carbocycles. The summed E-state index contributed by atoms with van der Waals surface area (Å²) in [4.78, 5) is 13.1. The average Bonchev–Trinajstić information content (AvgIpc) is 2.56. The van der Waals surface area contributed by atoms with Gasteiger partial charge < -0.3 is 0 Å². The number of carbonyl (C=O) groups excluding carboxylic acids is 1. The highest BCUT2D eigenvalue weighted by Crippen LogP contribution is 2.57. The summed E-state index contributed by atoms with van der Waals surface area (Å²) in [7, 11) is 0. The van der Waals surface area contributed by atoms with Gasteiger partial charge in [0.05, 0.1) is 6.04 Å². The highest BCUT2D eigenvalue weighted by Gasteiger charge is 2.60. The summed E-state index contributed by atoms with van der Waals surface area (Å²) >= 11 is 2.37. The van der Waals surface area contributed by atoms with Crippen molar-refractivity contribution in [2.45, 2.75) is 64.1 Å². The molecule has 0 spiro atoms. The van der Waals surface area contributed by atoms with Crippen molar-refractivity contribution in [2.24, 2.45) is 23.7 Å². The lowest BCUT2D eigenvalue weighted by atomic mass is 9.53. The molecular formula is C21H27IN2O. The summed E-state index contributed by atoms with van der Waals surface area (Å²) in [6.45, 7) is 5.03. The van der Waals surface area contributed by atoms with E-state index in [0.29, 0.717) is 11.9 Å². The molecule has 25 heavy (non-hydrogen) atoms. The first-order chi connectivity index (χ1) is 11.9. The van der Waals surface area contributed by atoms with E-state index in [0.717, 1.165) is 30.2 Å². The molecule has 4 bridgehead atoms. The average molecular weight is 450 g/mol. The van der Waals surface area contributed by atoms with Gasteiger partial charge in [-0.3, -0.25) is 9.80 Å². The highest BCUT2D eigenvalue weighted by molar-refractivity contribution is 14.1. The van der Waals surface area contributed by atoms with Gasteiger partial charge in [0.25, 0.3) is 5.91 Å². The van der Waals surface area contributed by atoms with Crippen molar-refractivity contribution in [2.75, 3.05) is 0 Å². The van der Waals surface area contributed by atoms with Gasteiger partial charge in [0.15, 0.2) is 0 Å². The molecule has 1 aromatic rings. The molecule has 1 amide bonds. The number of amides is 1. The van der Waals surface area contributed by atoms with Crippen molar-refractivity contribution in [3.8, 4) is 0 Å². The maximum Gasteiger partial charge on any atom is 0.258 e. The molecule has 0 N–H and O–H groups in total. The fraction of sp³-hybridized carbons (Fsp3) is 0.667. The molecule has 134 valence electrons. The van der Waals surface area contributed by atoms with Crippen molar-refractivity contribution >= 4 is 28.5 Å². The van der Waals surface area contributed by atoms with Crippen molar-refractivity contribution in [3.63, 3.8) is 0 Å². The zero-order valence-electron chi connectivity index (χ0n) is 15.1. The molecule has 4 aliphatic carbocycles. The van der Waals surface area contributed by atoms with Crippen LogP contribution in [0.5, 0.6) is 0 Å². The molecule has 1 saturated heterocycles. The second-order valence-corrected chi connectivity index (χ2v) is 10.6. The standard InChI is InChI=1S/C21H27IN2O/c1-21(2)20(25)24(23(21)12-13-4-3-5-18(22)11-13)19-16-7-14-6-15(9-16)10-17(19)8-14/h3-5,11,14-17,19H,6-10,12H2,1-2H3. The summed E-state index contributed by atoms with van der Waals surface area (Å²) in [5, 5.41) is 4.57. The predicted molar refractivity (Wildman–Crippen MR) is 106 cm³/mol. The van der Waals surface area contributed by atoms with Crippen LogP contribution in [0, 0.1) is 27.2 Å². The van der Waals surface area contributed by atoms with Crippen LogP contribution in [0.4, 0.5) is 0 Å². The number of rotatable bonds is 3. The lowest BCUT2D eigenvalue weighted by Gasteiger charge is -2.65. The van der Waals surface area contributed by atoms with Crippen molar-refractivity contribution in [1.29, 1.82) is 0 Å². The Morgan fingerprint density at radius 2 is 1.72 bits per heavy atom. The van der Waals surface area contributed by atoms with Crippen LogP contribution in [0.25, 0.3) is 0 Å². The summed E-state index contributed by atoms with van der Waals surface area (Å²) in [5.41, 5.74) is 0.942. The van der Waals surface area contributed by atoms with E-state index in [1.54, 1.807) is 0 Å². The van der Waals surface area contributed by atoms with E-state index in [1.807, 2.05) is 0 Å². The van der Waals surface area contributed by atoms with Gasteiger partial charge >= 0.3 is 0 Å². The van der Waals surface area contributed by atoms with E-state index in [-0.39, 0.29) is 5.54 Å². The Hall–Kier alpha value is -0.620. The first kappa shape index (κ1) is 16.5. The van der Waals surface area contributed by atoms with Crippen molar-refractivity contribution in [3.05, 3.63) is 33.4 Å². The molecule has 4 heteroatoms. The minimum absolute atomic E-state index is 0.343. The van der Waals surface area contributed by atoms with Gasteiger partial charge in [0.2, 0.25) is 0 Å². The lowest BCUT2D eigenvalue weighted by molar-refractivity contribution is -0.251. The van der Waals surface area contributed by atoms with Gasteiger partial charge in [-0.25, -0.2) is 0 Å². The maximum atomic E-state index is 13.1. The van der Waals surface area contributed by atoms with Gasteiger partial charge in [-0.1, -0.05) is 12.1 Å². The van der Waals surface area contributed by atoms with Gasteiger partial charge in [0.1, 0.15) is 5.54 Å². The second kappa shape index (κ2) is 5.69. The number of halogens is 1. The number of hydrazine groups is 1. The summed E-state index contributed by atoms with van der Waals surface area (Å²) in [6.07, 6.45) is 6.90. The number of nitrogens with zero attached hydrogens (tertiary/aromatic N) is 2.